The predicted molar refractivity (Wildman–Crippen MR) is 67.6 cm³/mol. The zero-order valence-corrected chi connectivity index (χ0v) is 11.1. The molecule has 0 aliphatic carbocycles. The highest BCUT2D eigenvalue weighted by atomic mass is 35.5. The molecule has 0 aromatic heterocycles. The number of benzene rings is 1. The average molecular weight is 286 g/mol. The summed E-state index contributed by atoms with van der Waals surface area (Å²) >= 11 is 5.80. The van der Waals surface area contributed by atoms with E-state index in [4.69, 9.17) is 16.3 Å². The predicted octanol–water partition coefficient (Wildman–Crippen LogP) is 2.22. The van der Waals surface area contributed by atoms with Crippen LogP contribution in [0.15, 0.2) is 12.1 Å². The minimum Gasteiger partial charge on any atom is -0.460 e. The van der Waals surface area contributed by atoms with E-state index in [1.165, 1.54) is 6.07 Å². The van der Waals surface area contributed by atoms with Gasteiger partial charge in [0, 0.05) is 6.42 Å². The van der Waals surface area contributed by atoms with Crippen LogP contribution in [0.4, 0.5) is 4.39 Å². The molecule has 19 heavy (non-hydrogen) atoms. The highest BCUT2D eigenvalue weighted by Gasteiger charge is 2.23. The van der Waals surface area contributed by atoms with E-state index in [2.05, 4.69) is 5.32 Å². The molecule has 1 aliphatic heterocycles. The van der Waals surface area contributed by atoms with Gasteiger partial charge in [-0.2, -0.15) is 0 Å². The van der Waals surface area contributed by atoms with Crippen LogP contribution in [0.2, 0.25) is 5.02 Å². The van der Waals surface area contributed by atoms with E-state index >= 15 is 0 Å². The maximum absolute atomic E-state index is 13.2. The number of carbonyl (C=O) groups is 2. The molecule has 1 aromatic rings. The second-order valence-electron chi connectivity index (χ2n) is 4.48. The molecule has 102 valence electrons. The number of amides is 1. The van der Waals surface area contributed by atoms with Crippen LogP contribution in [0, 0.1) is 12.7 Å². The number of aryl methyl sites for hydroxylation is 1. The summed E-state index contributed by atoms with van der Waals surface area (Å²) in [4.78, 5) is 22.8. The Morgan fingerprint density at radius 2 is 2.32 bits per heavy atom. The second-order valence-corrected chi connectivity index (χ2v) is 4.89. The van der Waals surface area contributed by atoms with E-state index in [1.807, 2.05) is 0 Å². The van der Waals surface area contributed by atoms with E-state index < -0.39 is 11.8 Å². The van der Waals surface area contributed by atoms with Gasteiger partial charge in [-0.05, 0) is 31.0 Å². The van der Waals surface area contributed by atoms with Crippen LogP contribution in [-0.2, 0) is 9.53 Å². The molecule has 0 bridgehead atoms. The van der Waals surface area contributed by atoms with E-state index in [1.54, 1.807) is 6.92 Å². The lowest BCUT2D eigenvalue weighted by Crippen LogP contribution is -2.30. The Kier molecular flexibility index (Phi) is 4.04. The van der Waals surface area contributed by atoms with Crippen molar-refractivity contribution in [1.82, 2.24) is 5.32 Å². The number of carbonyl (C=O) groups excluding carboxylic acids is 2. The maximum Gasteiger partial charge on any atom is 0.339 e. The molecule has 1 amide bonds. The Morgan fingerprint density at radius 3 is 2.95 bits per heavy atom. The first-order valence-corrected chi connectivity index (χ1v) is 6.27. The summed E-state index contributed by atoms with van der Waals surface area (Å²) in [5.41, 5.74) is 0.454. The molecule has 1 saturated heterocycles. The van der Waals surface area contributed by atoms with Crippen LogP contribution in [0.3, 0.4) is 0 Å². The van der Waals surface area contributed by atoms with Gasteiger partial charge in [-0.3, -0.25) is 4.79 Å². The van der Waals surface area contributed by atoms with Gasteiger partial charge in [0.15, 0.2) is 0 Å². The Bertz CT molecular complexity index is 533. The van der Waals surface area contributed by atoms with Crippen LogP contribution >= 0.6 is 11.6 Å². The molecule has 0 spiro atoms. The maximum atomic E-state index is 13.2. The zero-order chi connectivity index (χ0) is 14.0. The lowest BCUT2D eigenvalue weighted by Gasteiger charge is -2.11. The second kappa shape index (κ2) is 5.57. The summed E-state index contributed by atoms with van der Waals surface area (Å²) in [5, 5.41) is 2.70. The van der Waals surface area contributed by atoms with Crippen molar-refractivity contribution >= 4 is 23.5 Å². The molecule has 1 aromatic carbocycles. The van der Waals surface area contributed by atoms with Crippen molar-refractivity contribution in [3.63, 3.8) is 0 Å². The first kappa shape index (κ1) is 13.8. The summed E-state index contributed by atoms with van der Waals surface area (Å²) in [6, 6.07) is 2.29. The number of halogens is 2. The summed E-state index contributed by atoms with van der Waals surface area (Å²) < 4.78 is 18.3. The van der Waals surface area contributed by atoms with Gasteiger partial charge in [0.25, 0.3) is 0 Å². The summed E-state index contributed by atoms with van der Waals surface area (Å²) in [6.45, 7) is 1.64. The molecule has 4 nitrogen and oxygen atoms in total. The molecule has 1 N–H and O–H groups in total. The molecule has 1 heterocycles. The van der Waals surface area contributed by atoms with Crippen molar-refractivity contribution < 1.29 is 18.7 Å². The average Bonchev–Trinajstić information content (AvgIpc) is 2.77. The summed E-state index contributed by atoms with van der Waals surface area (Å²) in [5.74, 6) is -1.13. The number of rotatable bonds is 3. The summed E-state index contributed by atoms with van der Waals surface area (Å²) in [6.07, 6.45) is 1.08. The molecule has 6 heteroatoms. The van der Waals surface area contributed by atoms with Gasteiger partial charge >= 0.3 is 5.97 Å². The Balaban J connectivity index is 2.00. The number of hydrogen-bond acceptors (Lipinski definition) is 3. The van der Waals surface area contributed by atoms with Gasteiger partial charge < -0.3 is 10.1 Å². The van der Waals surface area contributed by atoms with E-state index in [0.717, 1.165) is 6.07 Å². The molecule has 1 aliphatic rings. The van der Waals surface area contributed by atoms with E-state index in [-0.39, 0.29) is 29.1 Å². The van der Waals surface area contributed by atoms with Crippen molar-refractivity contribution in [2.24, 2.45) is 0 Å². The Morgan fingerprint density at radius 1 is 1.58 bits per heavy atom. The fraction of sp³-hybridized carbons (Fsp3) is 0.385. The fourth-order valence-corrected chi connectivity index (χ4v) is 2.10. The Labute approximate surface area is 114 Å². The quantitative estimate of drug-likeness (QED) is 0.867. The normalized spacial score (nSPS) is 18.3. The molecule has 1 atom stereocenters. The van der Waals surface area contributed by atoms with Gasteiger partial charge in [-0.25, -0.2) is 9.18 Å². The van der Waals surface area contributed by atoms with Crippen LogP contribution in [-0.4, -0.2) is 24.5 Å². The third-order valence-electron chi connectivity index (χ3n) is 2.97. The lowest BCUT2D eigenvalue weighted by atomic mass is 10.1. The van der Waals surface area contributed by atoms with Crippen LogP contribution in [0.25, 0.3) is 0 Å². The number of esters is 1. The number of ether oxygens (including phenoxy) is 1. The SMILES string of the molecule is Cc1cc(C(=O)OC[C@H]2CCC(=O)N2)c(Cl)cc1F. The van der Waals surface area contributed by atoms with Gasteiger partial charge in [0.05, 0.1) is 16.6 Å². The van der Waals surface area contributed by atoms with Crippen LogP contribution < -0.4 is 5.32 Å². The van der Waals surface area contributed by atoms with Gasteiger partial charge in [-0.15, -0.1) is 0 Å². The monoisotopic (exact) mass is 285 g/mol. The Hall–Kier alpha value is -1.62. The largest absolute Gasteiger partial charge is 0.460 e. The van der Waals surface area contributed by atoms with E-state index in [0.29, 0.717) is 18.4 Å². The highest BCUT2D eigenvalue weighted by Crippen LogP contribution is 2.21. The number of hydrogen-bond donors (Lipinski definition) is 1. The van der Waals surface area contributed by atoms with Crippen LogP contribution in [0.5, 0.6) is 0 Å². The molecule has 0 saturated carbocycles. The minimum atomic E-state index is -0.616. The first-order valence-electron chi connectivity index (χ1n) is 5.89. The highest BCUT2D eigenvalue weighted by molar-refractivity contribution is 6.33. The first-order chi connectivity index (χ1) is 8.97. The van der Waals surface area contributed by atoms with Crippen molar-refractivity contribution in [2.75, 3.05) is 6.61 Å². The third-order valence-corrected chi connectivity index (χ3v) is 3.28. The van der Waals surface area contributed by atoms with Gasteiger partial charge in [0.2, 0.25) is 5.91 Å². The molecule has 0 unspecified atom stereocenters. The summed E-state index contributed by atoms with van der Waals surface area (Å²) in [7, 11) is 0. The molecular weight excluding hydrogens is 273 g/mol. The van der Waals surface area contributed by atoms with Crippen molar-refractivity contribution in [1.29, 1.82) is 0 Å². The zero-order valence-electron chi connectivity index (χ0n) is 10.3. The topological polar surface area (TPSA) is 55.4 Å². The van der Waals surface area contributed by atoms with Crippen LogP contribution in [0.1, 0.15) is 28.8 Å². The van der Waals surface area contributed by atoms with Crippen molar-refractivity contribution in [3.8, 4) is 0 Å². The standard InChI is InChI=1S/C13H13ClFNO3/c1-7-4-9(10(14)5-11(7)15)13(18)19-6-8-2-3-12(17)16-8/h4-5,8H,2-3,6H2,1H3,(H,16,17)/t8-/m1/s1. The minimum absolute atomic E-state index is 0.0172. The van der Waals surface area contributed by atoms with E-state index in [9.17, 15) is 14.0 Å². The smallest absolute Gasteiger partial charge is 0.339 e. The van der Waals surface area contributed by atoms with Crippen molar-refractivity contribution in [2.45, 2.75) is 25.8 Å². The molecule has 2 rings (SSSR count). The molecular formula is C13H13ClFNO3. The molecule has 1 fully saturated rings. The van der Waals surface area contributed by atoms with Gasteiger partial charge in [-0.1, -0.05) is 11.6 Å². The number of nitrogens with one attached hydrogen (secondary N) is 1. The third kappa shape index (κ3) is 3.23. The fourth-order valence-electron chi connectivity index (χ4n) is 1.87. The molecule has 0 radical (unpaired) electrons. The van der Waals surface area contributed by atoms with Gasteiger partial charge in [0.1, 0.15) is 12.4 Å². The lowest BCUT2D eigenvalue weighted by molar-refractivity contribution is -0.119. The van der Waals surface area contributed by atoms with Crippen molar-refractivity contribution in [3.05, 3.63) is 34.1 Å².